The van der Waals surface area contributed by atoms with E-state index in [2.05, 4.69) is 15.6 Å². The second-order valence-electron chi connectivity index (χ2n) is 4.76. The normalized spacial score (nSPS) is 10.7. The molecule has 0 radical (unpaired) electrons. The molecule has 0 saturated heterocycles. The van der Waals surface area contributed by atoms with E-state index < -0.39 is 11.9 Å². The van der Waals surface area contributed by atoms with Crippen LogP contribution < -0.4 is 16.2 Å². The molecule has 0 aromatic carbocycles. The fourth-order valence-electron chi connectivity index (χ4n) is 1.93. The molecule has 2 aromatic rings. The smallest absolute Gasteiger partial charge is 0.321 e. The fourth-order valence-corrected chi connectivity index (χ4v) is 2.85. The first-order valence-electron chi connectivity index (χ1n) is 7.09. The van der Waals surface area contributed by atoms with Crippen LogP contribution in [-0.2, 0) is 22.5 Å². The molecule has 0 aliphatic heterocycles. The SMILES string of the molecule is CCc1cc2c(=O)n(CC(=O)NC(=O)NCCOC)cnc2s1. The number of fused-ring (bicyclic) bond motifs is 1. The van der Waals surface area contributed by atoms with Gasteiger partial charge in [0.2, 0.25) is 5.91 Å². The molecule has 23 heavy (non-hydrogen) atoms. The summed E-state index contributed by atoms with van der Waals surface area (Å²) in [6.07, 6.45) is 2.14. The molecule has 124 valence electrons. The maximum Gasteiger partial charge on any atom is 0.321 e. The quantitative estimate of drug-likeness (QED) is 0.747. The van der Waals surface area contributed by atoms with Gasteiger partial charge in [0.25, 0.3) is 5.56 Å². The Kier molecular flexibility index (Phi) is 5.83. The molecule has 2 heterocycles. The summed E-state index contributed by atoms with van der Waals surface area (Å²) < 4.78 is 5.97. The molecule has 0 atom stereocenters. The van der Waals surface area contributed by atoms with E-state index in [-0.39, 0.29) is 18.6 Å². The van der Waals surface area contributed by atoms with Crippen LogP contribution in [0.25, 0.3) is 10.2 Å². The highest BCUT2D eigenvalue weighted by Crippen LogP contribution is 2.20. The minimum Gasteiger partial charge on any atom is -0.383 e. The van der Waals surface area contributed by atoms with Crippen molar-refractivity contribution in [2.75, 3.05) is 20.3 Å². The molecule has 0 fully saturated rings. The highest BCUT2D eigenvalue weighted by Gasteiger charge is 2.12. The average molecular weight is 338 g/mol. The molecule has 0 spiro atoms. The van der Waals surface area contributed by atoms with Gasteiger partial charge in [-0.1, -0.05) is 6.92 Å². The fraction of sp³-hybridized carbons (Fsp3) is 0.429. The predicted octanol–water partition coefficient (Wildman–Crippen LogP) is 0.493. The van der Waals surface area contributed by atoms with Crippen LogP contribution in [0.15, 0.2) is 17.2 Å². The van der Waals surface area contributed by atoms with Gasteiger partial charge in [-0.25, -0.2) is 9.78 Å². The maximum atomic E-state index is 12.3. The van der Waals surface area contributed by atoms with Crippen LogP contribution in [0.5, 0.6) is 0 Å². The predicted molar refractivity (Wildman–Crippen MR) is 86.7 cm³/mol. The van der Waals surface area contributed by atoms with Gasteiger partial charge in [-0.3, -0.25) is 19.5 Å². The third-order valence-electron chi connectivity index (χ3n) is 3.08. The van der Waals surface area contributed by atoms with E-state index in [0.29, 0.717) is 16.8 Å². The molecular weight excluding hydrogens is 320 g/mol. The maximum absolute atomic E-state index is 12.3. The van der Waals surface area contributed by atoms with Gasteiger partial charge >= 0.3 is 6.03 Å². The number of hydrogen-bond acceptors (Lipinski definition) is 6. The number of methoxy groups -OCH3 is 1. The van der Waals surface area contributed by atoms with Crippen molar-refractivity contribution in [2.24, 2.45) is 0 Å². The van der Waals surface area contributed by atoms with E-state index in [4.69, 9.17) is 4.74 Å². The second kappa shape index (κ2) is 7.84. The summed E-state index contributed by atoms with van der Waals surface area (Å²) in [5.74, 6) is -0.589. The van der Waals surface area contributed by atoms with E-state index in [9.17, 15) is 14.4 Å². The highest BCUT2D eigenvalue weighted by molar-refractivity contribution is 7.18. The number of ether oxygens (including phenoxy) is 1. The first kappa shape index (κ1) is 17.1. The van der Waals surface area contributed by atoms with Crippen LogP contribution in [0.2, 0.25) is 0 Å². The third-order valence-corrected chi connectivity index (χ3v) is 4.26. The van der Waals surface area contributed by atoms with Crippen molar-refractivity contribution in [3.8, 4) is 0 Å². The number of nitrogens with zero attached hydrogens (tertiary/aromatic N) is 2. The zero-order chi connectivity index (χ0) is 16.8. The van der Waals surface area contributed by atoms with Gasteiger partial charge in [0, 0.05) is 18.5 Å². The molecule has 2 N–H and O–H groups in total. The molecule has 8 nitrogen and oxygen atoms in total. The van der Waals surface area contributed by atoms with Gasteiger partial charge in [-0.15, -0.1) is 11.3 Å². The Bertz CT molecular complexity index is 768. The minimum atomic E-state index is -0.627. The molecular formula is C14H18N4O4S. The Balaban J connectivity index is 2.03. The zero-order valence-electron chi connectivity index (χ0n) is 12.9. The van der Waals surface area contributed by atoms with E-state index in [1.807, 2.05) is 6.92 Å². The van der Waals surface area contributed by atoms with E-state index in [1.54, 1.807) is 6.07 Å². The van der Waals surface area contributed by atoms with Crippen LogP contribution in [-0.4, -0.2) is 41.8 Å². The van der Waals surface area contributed by atoms with Crippen LogP contribution in [0, 0.1) is 0 Å². The summed E-state index contributed by atoms with van der Waals surface area (Å²) in [4.78, 5) is 41.5. The van der Waals surface area contributed by atoms with Crippen molar-refractivity contribution in [2.45, 2.75) is 19.9 Å². The van der Waals surface area contributed by atoms with Crippen LogP contribution in [0.1, 0.15) is 11.8 Å². The Morgan fingerprint density at radius 1 is 1.43 bits per heavy atom. The molecule has 0 aliphatic rings. The van der Waals surface area contributed by atoms with Crippen molar-refractivity contribution in [1.82, 2.24) is 20.2 Å². The lowest BCUT2D eigenvalue weighted by Gasteiger charge is -2.07. The van der Waals surface area contributed by atoms with Crippen molar-refractivity contribution in [3.63, 3.8) is 0 Å². The van der Waals surface area contributed by atoms with Gasteiger partial charge in [-0.05, 0) is 12.5 Å². The summed E-state index contributed by atoms with van der Waals surface area (Å²) in [5, 5.41) is 5.10. The standard InChI is InChI=1S/C14H18N4O4S/c1-3-9-6-10-12(23-9)16-8-18(13(10)20)7-11(19)17-14(21)15-4-5-22-2/h6,8H,3-5,7H2,1-2H3,(H2,15,17,19,21). The van der Waals surface area contributed by atoms with Crippen LogP contribution in [0.3, 0.4) is 0 Å². The summed E-state index contributed by atoms with van der Waals surface area (Å²) in [7, 11) is 1.51. The summed E-state index contributed by atoms with van der Waals surface area (Å²) in [5.41, 5.74) is -0.291. The monoisotopic (exact) mass is 338 g/mol. The lowest BCUT2D eigenvalue weighted by Crippen LogP contribution is -2.43. The number of aryl methyl sites for hydroxylation is 1. The number of nitrogens with one attached hydrogen (secondary N) is 2. The topological polar surface area (TPSA) is 102 Å². The number of imide groups is 1. The van der Waals surface area contributed by atoms with Crippen LogP contribution in [0.4, 0.5) is 4.79 Å². The molecule has 2 rings (SSSR count). The Morgan fingerprint density at radius 3 is 2.91 bits per heavy atom. The van der Waals surface area contributed by atoms with Crippen molar-refractivity contribution in [3.05, 3.63) is 27.6 Å². The number of hydrogen-bond donors (Lipinski definition) is 2. The summed E-state index contributed by atoms with van der Waals surface area (Å²) in [6.45, 7) is 2.37. The Hall–Kier alpha value is -2.26. The number of amides is 3. The van der Waals surface area contributed by atoms with Gasteiger partial charge in [0.15, 0.2) is 0 Å². The first-order chi connectivity index (χ1) is 11.0. The van der Waals surface area contributed by atoms with Crippen molar-refractivity contribution >= 4 is 33.5 Å². The molecule has 0 saturated carbocycles. The lowest BCUT2D eigenvalue weighted by molar-refractivity contribution is -0.120. The van der Waals surface area contributed by atoms with Gasteiger partial charge in [-0.2, -0.15) is 0 Å². The summed E-state index contributed by atoms with van der Waals surface area (Å²) in [6, 6.07) is 1.17. The number of carbonyl (C=O) groups excluding carboxylic acids is 2. The largest absolute Gasteiger partial charge is 0.383 e. The third kappa shape index (κ3) is 4.36. The number of thiophene rings is 1. The van der Waals surface area contributed by atoms with Gasteiger partial charge in [0.05, 0.1) is 18.3 Å². The molecule has 2 aromatic heterocycles. The van der Waals surface area contributed by atoms with Crippen molar-refractivity contribution in [1.29, 1.82) is 0 Å². The van der Waals surface area contributed by atoms with E-state index in [1.165, 1.54) is 29.3 Å². The molecule has 3 amide bonds. The minimum absolute atomic E-state index is 0.267. The van der Waals surface area contributed by atoms with Gasteiger partial charge in [0.1, 0.15) is 11.4 Å². The lowest BCUT2D eigenvalue weighted by atomic mass is 10.3. The molecule has 0 unspecified atom stereocenters. The number of aromatic nitrogens is 2. The number of urea groups is 1. The number of rotatable bonds is 6. The van der Waals surface area contributed by atoms with E-state index >= 15 is 0 Å². The van der Waals surface area contributed by atoms with Crippen LogP contribution >= 0.6 is 11.3 Å². The molecule has 0 aliphatic carbocycles. The number of carbonyl (C=O) groups is 2. The molecule has 9 heteroatoms. The molecule has 0 bridgehead atoms. The Labute approximate surface area is 136 Å². The summed E-state index contributed by atoms with van der Waals surface area (Å²) >= 11 is 1.46. The van der Waals surface area contributed by atoms with E-state index in [0.717, 1.165) is 11.3 Å². The highest BCUT2D eigenvalue weighted by atomic mass is 32.1. The van der Waals surface area contributed by atoms with Crippen molar-refractivity contribution < 1.29 is 14.3 Å². The Morgan fingerprint density at radius 2 is 2.22 bits per heavy atom. The first-order valence-corrected chi connectivity index (χ1v) is 7.91. The zero-order valence-corrected chi connectivity index (χ0v) is 13.7. The average Bonchev–Trinajstić information content (AvgIpc) is 2.94. The second-order valence-corrected chi connectivity index (χ2v) is 5.87. The van der Waals surface area contributed by atoms with Gasteiger partial charge < -0.3 is 10.1 Å².